The highest BCUT2D eigenvalue weighted by atomic mass is 16.5. The number of carbonyl (C=O) groups excluding carboxylic acids is 2. The van der Waals surface area contributed by atoms with Crippen molar-refractivity contribution in [3.63, 3.8) is 0 Å². The molecule has 1 aliphatic rings. The van der Waals surface area contributed by atoms with Crippen molar-refractivity contribution in [2.75, 3.05) is 7.11 Å². The summed E-state index contributed by atoms with van der Waals surface area (Å²) in [5, 5.41) is 3.70. The van der Waals surface area contributed by atoms with Crippen molar-refractivity contribution in [2.24, 2.45) is 0 Å². The van der Waals surface area contributed by atoms with Gasteiger partial charge >= 0.3 is 5.97 Å². The number of esters is 1. The quantitative estimate of drug-likeness (QED) is 0.274. The monoisotopic (exact) mass is 461 g/mol. The summed E-state index contributed by atoms with van der Waals surface area (Å²) in [6.07, 6.45) is 2.16. The second-order valence-corrected chi connectivity index (χ2v) is 9.23. The van der Waals surface area contributed by atoms with Gasteiger partial charge in [0.1, 0.15) is 17.3 Å². The Morgan fingerprint density at radius 3 is 2.50 bits per heavy atom. The Morgan fingerprint density at radius 2 is 1.85 bits per heavy atom. The first-order valence-corrected chi connectivity index (χ1v) is 11.0. The first kappa shape index (κ1) is 23.3. The SMILES string of the molecule is COc1cc(CCC(=O)Oc2cc(C)c3c(c2)O/C(=C\c2ccc(C(C)(C)C)cc2)C3=O)on1. The topological polar surface area (TPSA) is 87.9 Å². The van der Waals surface area contributed by atoms with E-state index >= 15 is 0 Å². The number of ether oxygens (including phenoxy) is 3. The van der Waals surface area contributed by atoms with Gasteiger partial charge in [-0.05, 0) is 46.3 Å². The molecular weight excluding hydrogens is 434 g/mol. The molecule has 0 atom stereocenters. The van der Waals surface area contributed by atoms with Crippen LogP contribution < -0.4 is 14.2 Å². The Kier molecular flexibility index (Phi) is 6.28. The smallest absolute Gasteiger partial charge is 0.311 e. The highest BCUT2D eigenvalue weighted by molar-refractivity contribution is 6.15. The third-order valence-corrected chi connectivity index (χ3v) is 5.57. The summed E-state index contributed by atoms with van der Waals surface area (Å²) in [6, 6.07) is 12.9. The van der Waals surface area contributed by atoms with Crippen LogP contribution in [-0.2, 0) is 16.6 Å². The molecular formula is C27H27NO6. The Labute approximate surface area is 198 Å². The Morgan fingerprint density at radius 1 is 1.12 bits per heavy atom. The summed E-state index contributed by atoms with van der Waals surface area (Å²) in [4.78, 5) is 25.2. The Hall–Kier alpha value is -3.87. The third kappa shape index (κ3) is 5.03. The summed E-state index contributed by atoms with van der Waals surface area (Å²) in [5.74, 6) is 1.19. The fraction of sp³-hybridized carbons (Fsp3) is 0.296. The van der Waals surface area contributed by atoms with E-state index in [2.05, 4.69) is 38.1 Å². The lowest BCUT2D eigenvalue weighted by molar-refractivity contribution is -0.134. The molecule has 0 amide bonds. The summed E-state index contributed by atoms with van der Waals surface area (Å²) < 4.78 is 21.4. The van der Waals surface area contributed by atoms with Crippen LogP contribution in [0.5, 0.6) is 17.4 Å². The molecule has 0 radical (unpaired) electrons. The van der Waals surface area contributed by atoms with Gasteiger partial charge in [0.25, 0.3) is 5.88 Å². The highest BCUT2D eigenvalue weighted by Crippen LogP contribution is 2.37. The molecule has 0 unspecified atom stereocenters. The number of hydrogen-bond acceptors (Lipinski definition) is 7. The minimum atomic E-state index is -0.436. The Bertz CT molecular complexity index is 1260. The van der Waals surface area contributed by atoms with Gasteiger partial charge in [-0.2, -0.15) is 0 Å². The fourth-order valence-corrected chi connectivity index (χ4v) is 3.68. The van der Waals surface area contributed by atoms with Crippen LogP contribution in [0.15, 0.2) is 52.7 Å². The van der Waals surface area contributed by atoms with Gasteiger partial charge in [0.2, 0.25) is 5.78 Å². The molecule has 0 aliphatic carbocycles. The molecule has 1 aromatic heterocycles. The van der Waals surface area contributed by atoms with Crippen molar-refractivity contribution in [1.82, 2.24) is 5.16 Å². The van der Waals surface area contributed by atoms with Crippen LogP contribution in [0, 0.1) is 6.92 Å². The van der Waals surface area contributed by atoms with Gasteiger partial charge in [-0.25, -0.2) is 0 Å². The van der Waals surface area contributed by atoms with Gasteiger partial charge in [-0.1, -0.05) is 45.0 Å². The van der Waals surface area contributed by atoms with Crippen molar-refractivity contribution in [1.29, 1.82) is 0 Å². The predicted octanol–water partition coefficient (Wildman–Crippen LogP) is 5.44. The maximum absolute atomic E-state index is 12.9. The van der Waals surface area contributed by atoms with Crippen LogP contribution in [0.4, 0.5) is 0 Å². The van der Waals surface area contributed by atoms with Gasteiger partial charge < -0.3 is 18.7 Å². The van der Waals surface area contributed by atoms with Gasteiger partial charge in [-0.15, -0.1) is 0 Å². The van der Waals surface area contributed by atoms with Gasteiger partial charge in [0.05, 0.1) is 19.1 Å². The molecule has 34 heavy (non-hydrogen) atoms. The van der Waals surface area contributed by atoms with Crippen LogP contribution in [0.3, 0.4) is 0 Å². The minimum Gasteiger partial charge on any atom is -0.479 e. The molecule has 4 rings (SSSR count). The number of benzene rings is 2. The lowest BCUT2D eigenvalue weighted by Gasteiger charge is -2.18. The average molecular weight is 462 g/mol. The standard InChI is InChI=1S/C27H27NO6/c1-16-12-20(32-24(29)11-10-19-15-23(31-5)28-34-19)14-21-25(16)26(30)22(33-21)13-17-6-8-18(9-7-17)27(2,3)4/h6-9,12-15H,10-11H2,1-5H3/b22-13-. The molecule has 3 aromatic rings. The number of rotatable bonds is 6. The lowest BCUT2D eigenvalue weighted by Crippen LogP contribution is -2.10. The molecule has 7 heteroatoms. The number of methoxy groups -OCH3 is 1. The zero-order valence-corrected chi connectivity index (χ0v) is 19.9. The summed E-state index contributed by atoms with van der Waals surface area (Å²) in [7, 11) is 1.49. The number of Topliss-reactive ketones (excluding diaryl/α,β-unsaturated/α-hetero) is 1. The van der Waals surface area contributed by atoms with E-state index in [-0.39, 0.29) is 23.4 Å². The maximum Gasteiger partial charge on any atom is 0.311 e. The number of aromatic nitrogens is 1. The van der Waals surface area contributed by atoms with E-state index in [0.29, 0.717) is 40.7 Å². The second-order valence-electron chi connectivity index (χ2n) is 9.23. The van der Waals surface area contributed by atoms with Crippen molar-refractivity contribution in [2.45, 2.75) is 46.0 Å². The van der Waals surface area contributed by atoms with E-state index in [4.69, 9.17) is 18.7 Å². The number of hydrogen-bond donors (Lipinski definition) is 0. The first-order valence-electron chi connectivity index (χ1n) is 11.0. The molecule has 0 spiro atoms. The first-order chi connectivity index (χ1) is 16.1. The average Bonchev–Trinajstić information content (AvgIpc) is 3.36. The minimum absolute atomic E-state index is 0.0498. The predicted molar refractivity (Wildman–Crippen MR) is 126 cm³/mol. The third-order valence-electron chi connectivity index (χ3n) is 5.57. The van der Waals surface area contributed by atoms with Crippen LogP contribution in [0.1, 0.15) is 60.0 Å². The summed E-state index contributed by atoms with van der Waals surface area (Å²) in [6.45, 7) is 8.25. The number of fused-ring (bicyclic) bond motifs is 1. The van der Waals surface area contributed by atoms with Crippen LogP contribution in [-0.4, -0.2) is 24.0 Å². The van der Waals surface area contributed by atoms with Gasteiger partial charge in [-0.3, -0.25) is 9.59 Å². The molecule has 7 nitrogen and oxygen atoms in total. The van der Waals surface area contributed by atoms with E-state index in [0.717, 1.165) is 5.56 Å². The molecule has 0 fully saturated rings. The maximum atomic E-state index is 12.9. The molecule has 176 valence electrons. The van der Waals surface area contributed by atoms with Crippen LogP contribution in [0.25, 0.3) is 6.08 Å². The van der Waals surface area contributed by atoms with Crippen molar-refractivity contribution in [3.05, 3.63) is 76.2 Å². The number of ketones is 1. The normalized spacial score (nSPS) is 14.1. The molecule has 2 aromatic carbocycles. The summed E-state index contributed by atoms with van der Waals surface area (Å²) >= 11 is 0. The van der Waals surface area contributed by atoms with Gasteiger partial charge in [0.15, 0.2) is 5.76 Å². The Balaban J connectivity index is 1.45. The summed E-state index contributed by atoms with van der Waals surface area (Å²) in [5.41, 5.74) is 3.29. The van der Waals surface area contributed by atoms with E-state index in [9.17, 15) is 9.59 Å². The van der Waals surface area contributed by atoms with E-state index in [1.54, 1.807) is 31.2 Å². The zero-order valence-electron chi connectivity index (χ0n) is 19.9. The fourth-order valence-electron chi connectivity index (χ4n) is 3.68. The molecule has 0 saturated carbocycles. The van der Waals surface area contributed by atoms with Gasteiger partial charge in [0, 0.05) is 18.6 Å². The number of carbonyl (C=O) groups is 2. The number of allylic oxidation sites excluding steroid dienone is 1. The zero-order chi connectivity index (χ0) is 24.5. The van der Waals surface area contributed by atoms with E-state index < -0.39 is 5.97 Å². The molecule has 1 aliphatic heterocycles. The van der Waals surface area contributed by atoms with Crippen LogP contribution >= 0.6 is 0 Å². The number of nitrogens with zero attached hydrogens (tertiary/aromatic N) is 1. The number of aryl methyl sites for hydroxylation is 2. The van der Waals surface area contributed by atoms with Crippen molar-refractivity contribution < 1.29 is 28.3 Å². The molecule has 0 saturated heterocycles. The van der Waals surface area contributed by atoms with Crippen LogP contribution in [0.2, 0.25) is 0 Å². The largest absolute Gasteiger partial charge is 0.479 e. The van der Waals surface area contributed by atoms with E-state index in [1.165, 1.54) is 12.7 Å². The lowest BCUT2D eigenvalue weighted by atomic mass is 9.86. The molecule has 2 heterocycles. The second kappa shape index (κ2) is 9.17. The molecule has 0 bridgehead atoms. The highest BCUT2D eigenvalue weighted by Gasteiger charge is 2.30. The molecule has 0 N–H and O–H groups in total. The van der Waals surface area contributed by atoms with Crippen molar-refractivity contribution >= 4 is 17.8 Å². The van der Waals surface area contributed by atoms with Crippen molar-refractivity contribution in [3.8, 4) is 17.4 Å². The van der Waals surface area contributed by atoms with E-state index in [1.807, 2.05) is 12.1 Å².